The van der Waals surface area contributed by atoms with Crippen LogP contribution in [0, 0.1) is 0 Å². The third kappa shape index (κ3) is 4.91. The number of anilines is 1. The topological polar surface area (TPSA) is 93.7 Å². The molecule has 134 valence electrons. The van der Waals surface area contributed by atoms with Gasteiger partial charge < -0.3 is 20.1 Å². The number of hydrogen-bond acceptors (Lipinski definition) is 6. The summed E-state index contributed by atoms with van der Waals surface area (Å²) in [5.74, 6) is 1.01. The van der Waals surface area contributed by atoms with Crippen LogP contribution in [0.5, 0.6) is 11.5 Å². The lowest BCUT2D eigenvalue weighted by atomic mass is 10.2. The van der Waals surface area contributed by atoms with Crippen molar-refractivity contribution in [2.45, 2.75) is 18.9 Å². The summed E-state index contributed by atoms with van der Waals surface area (Å²) in [7, 11) is 0.0402. The lowest BCUT2D eigenvalue weighted by Crippen LogP contribution is -2.36. The number of carbonyl (C=O) groups is 1. The summed E-state index contributed by atoms with van der Waals surface area (Å²) >= 11 is 6.04. The molecule has 24 heavy (non-hydrogen) atoms. The lowest BCUT2D eigenvalue weighted by Gasteiger charge is -2.14. The van der Waals surface area contributed by atoms with Gasteiger partial charge in [-0.3, -0.25) is 4.79 Å². The maximum absolute atomic E-state index is 11.9. The molecule has 0 aromatic heterocycles. The van der Waals surface area contributed by atoms with Crippen LogP contribution in [0.25, 0.3) is 0 Å². The second-order valence-corrected chi connectivity index (χ2v) is 8.17. The predicted molar refractivity (Wildman–Crippen MR) is 92.9 cm³/mol. The minimum Gasteiger partial charge on any atom is -0.495 e. The van der Waals surface area contributed by atoms with Gasteiger partial charge in [-0.05, 0) is 6.42 Å². The first-order valence-corrected chi connectivity index (χ1v) is 9.69. The van der Waals surface area contributed by atoms with Crippen LogP contribution >= 0.6 is 11.6 Å². The summed E-state index contributed by atoms with van der Waals surface area (Å²) in [5, 5.41) is 6.27. The van der Waals surface area contributed by atoms with E-state index in [1.165, 1.54) is 14.2 Å². The lowest BCUT2D eigenvalue weighted by molar-refractivity contribution is -0.121. The zero-order valence-electron chi connectivity index (χ0n) is 13.6. The summed E-state index contributed by atoms with van der Waals surface area (Å²) in [6, 6.07) is 3.04. The molecule has 1 fully saturated rings. The number of benzene rings is 1. The third-order valence-electron chi connectivity index (χ3n) is 3.74. The zero-order chi connectivity index (χ0) is 17.7. The fourth-order valence-electron chi connectivity index (χ4n) is 2.52. The van der Waals surface area contributed by atoms with Gasteiger partial charge in [-0.2, -0.15) is 0 Å². The molecule has 1 atom stereocenters. The first-order valence-electron chi connectivity index (χ1n) is 7.50. The Labute approximate surface area is 146 Å². The molecule has 1 aromatic carbocycles. The molecule has 1 saturated heterocycles. The third-order valence-corrected chi connectivity index (χ3v) is 5.80. The van der Waals surface area contributed by atoms with Gasteiger partial charge in [0.05, 0.1) is 36.4 Å². The molecule has 0 saturated carbocycles. The second-order valence-electron chi connectivity index (χ2n) is 5.53. The Morgan fingerprint density at radius 2 is 2.00 bits per heavy atom. The van der Waals surface area contributed by atoms with Crippen LogP contribution in [0.1, 0.15) is 12.8 Å². The highest BCUT2D eigenvalue weighted by atomic mass is 35.5. The zero-order valence-corrected chi connectivity index (χ0v) is 15.2. The van der Waals surface area contributed by atoms with Gasteiger partial charge in [0, 0.05) is 31.1 Å². The van der Waals surface area contributed by atoms with Crippen molar-refractivity contribution in [1.82, 2.24) is 5.32 Å². The highest BCUT2D eigenvalue weighted by molar-refractivity contribution is 7.91. The second kappa shape index (κ2) is 7.94. The Morgan fingerprint density at radius 3 is 2.58 bits per heavy atom. The van der Waals surface area contributed by atoms with Gasteiger partial charge in [-0.1, -0.05) is 11.6 Å². The molecule has 0 bridgehead atoms. The molecule has 7 nitrogen and oxygen atoms in total. The average molecular weight is 377 g/mol. The molecule has 2 N–H and O–H groups in total. The summed E-state index contributed by atoms with van der Waals surface area (Å²) in [5.41, 5.74) is 0.662. The molecular formula is C15H21ClN2O5S. The number of halogens is 1. The van der Waals surface area contributed by atoms with Gasteiger partial charge in [0.2, 0.25) is 5.91 Å². The van der Waals surface area contributed by atoms with E-state index >= 15 is 0 Å². The number of hydrogen-bond donors (Lipinski definition) is 2. The number of methoxy groups -OCH3 is 2. The molecule has 1 amide bonds. The van der Waals surface area contributed by atoms with E-state index in [-0.39, 0.29) is 29.9 Å². The SMILES string of the molecule is COc1cc(NCCC(=O)NC2CCS(=O)(=O)C2)c(OC)cc1Cl. The fourth-order valence-corrected chi connectivity index (χ4v) is 4.42. The van der Waals surface area contributed by atoms with E-state index < -0.39 is 9.84 Å². The molecule has 2 rings (SSSR count). The van der Waals surface area contributed by atoms with E-state index in [4.69, 9.17) is 21.1 Å². The summed E-state index contributed by atoms with van der Waals surface area (Å²) in [6.45, 7) is 0.368. The van der Waals surface area contributed by atoms with Crippen LogP contribution in [0.2, 0.25) is 5.02 Å². The molecule has 1 heterocycles. The number of rotatable bonds is 7. The molecule has 0 spiro atoms. The Morgan fingerprint density at radius 1 is 1.29 bits per heavy atom. The van der Waals surface area contributed by atoms with E-state index in [1.807, 2.05) is 0 Å². The first-order chi connectivity index (χ1) is 11.3. The average Bonchev–Trinajstić information content (AvgIpc) is 2.86. The maximum atomic E-state index is 11.9. The molecule has 1 aliphatic heterocycles. The Bertz CT molecular complexity index is 708. The van der Waals surface area contributed by atoms with Crippen LogP contribution in [0.4, 0.5) is 5.69 Å². The van der Waals surface area contributed by atoms with Gasteiger partial charge in [0.25, 0.3) is 0 Å². The minimum absolute atomic E-state index is 0.0222. The van der Waals surface area contributed by atoms with Gasteiger partial charge in [0.15, 0.2) is 9.84 Å². The quantitative estimate of drug-likeness (QED) is 0.748. The molecule has 9 heteroatoms. The van der Waals surface area contributed by atoms with E-state index in [1.54, 1.807) is 12.1 Å². The van der Waals surface area contributed by atoms with Crippen LogP contribution in [-0.4, -0.2) is 52.6 Å². The van der Waals surface area contributed by atoms with E-state index in [2.05, 4.69) is 10.6 Å². The summed E-state index contributed by atoms with van der Waals surface area (Å²) in [6.07, 6.45) is 0.689. The van der Waals surface area contributed by atoms with Crippen molar-refractivity contribution in [3.05, 3.63) is 17.2 Å². The van der Waals surface area contributed by atoms with Crippen molar-refractivity contribution in [3.63, 3.8) is 0 Å². The normalized spacial score (nSPS) is 18.9. The van der Waals surface area contributed by atoms with Gasteiger partial charge in [-0.15, -0.1) is 0 Å². The number of ether oxygens (including phenoxy) is 2. The predicted octanol–water partition coefficient (Wildman–Crippen LogP) is 1.46. The molecule has 0 aliphatic carbocycles. The standard InChI is InChI=1S/C15H21ClN2O5S/c1-22-13-8-12(14(23-2)7-11(13)16)17-5-3-15(19)18-10-4-6-24(20,21)9-10/h7-8,10,17H,3-6,9H2,1-2H3,(H,18,19). The largest absolute Gasteiger partial charge is 0.495 e. The molecule has 1 unspecified atom stereocenters. The van der Waals surface area contributed by atoms with Gasteiger partial charge in [0.1, 0.15) is 11.5 Å². The number of sulfone groups is 1. The van der Waals surface area contributed by atoms with Gasteiger partial charge >= 0.3 is 0 Å². The van der Waals surface area contributed by atoms with E-state index in [9.17, 15) is 13.2 Å². The Hall–Kier alpha value is -1.67. The van der Waals surface area contributed by atoms with Gasteiger partial charge in [-0.25, -0.2) is 8.42 Å². The molecular weight excluding hydrogens is 356 g/mol. The van der Waals surface area contributed by atoms with Crippen LogP contribution in [0.3, 0.4) is 0 Å². The smallest absolute Gasteiger partial charge is 0.222 e. The molecule has 1 aromatic rings. The molecule has 1 aliphatic rings. The Kier molecular flexibility index (Phi) is 6.17. The van der Waals surface area contributed by atoms with E-state index in [0.29, 0.717) is 35.2 Å². The number of amides is 1. The number of nitrogens with one attached hydrogen (secondary N) is 2. The maximum Gasteiger partial charge on any atom is 0.222 e. The van der Waals surface area contributed by atoms with Crippen molar-refractivity contribution in [1.29, 1.82) is 0 Å². The monoisotopic (exact) mass is 376 g/mol. The number of carbonyl (C=O) groups excluding carboxylic acids is 1. The fraction of sp³-hybridized carbons (Fsp3) is 0.533. The molecule has 0 radical (unpaired) electrons. The van der Waals surface area contributed by atoms with Crippen molar-refractivity contribution in [2.75, 3.05) is 37.6 Å². The van der Waals surface area contributed by atoms with Crippen LogP contribution in [0.15, 0.2) is 12.1 Å². The Balaban J connectivity index is 1.86. The first kappa shape index (κ1) is 18.7. The summed E-state index contributed by atoms with van der Waals surface area (Å²) in [4.78, 5) is 11.9. The highest BCUT2D eigenvalue weighted by Gasteiger charge is 2.28. The van der Waals surface area contributed by atoms with E-state index in [0.717, 1.165) is 0 Å². The van der Waals surface area contributed by atoms with Crippen LogP contribution < -0.4 is 20.1 Å². The van der Waals surface area contributed by atoms with Crippen molar-refractivity contribution < 1.29 is 22.7 Å². The van der Waals surface area contributed by atoms with Crippen LogP contribution in [-0.2, 0) is 14.6 Å². The van der Waals surface area contributed by atoms with Crippen molar-refractivity contribution >= 4 is 33.0 Å². The summed E-state index contributed by atoms with van der Waals surface area (Å²) < 4.78 is 33.2. The van der Waals surface area contributed by atoms with Crippen molar-refractivity contribution in [3.8, 4) is 11.5 Å². The highest BCUT2D eigenvalue weighted by Crippen LogP contribution is 2.35. The minimum atomic E-state index is -3.00. The van der Waals surface area contributed by atoms with Crippen molar-refractivity contribution in [2.24, 2.45) is 0 Å².